The van der Waals surface area contributed by atoms with E-state index < -0.39 is 27.8 Å². The van der Waals surface area contributed by atoms with Crippen LogP contribution in [0.15, 0.2) is 22.4 Å². The number of amides is 1. The summed E-state index contributed by atoms with van der Waals surface area (Å²) >= 11 is 6.59. The van der Waals surface area contributed by atoms with Gasteiger partial charge < -0.3 is 9.64 Å². The van der Waals surface area contributed by atoms with Crippen LogP contribution in [0, 0.1) is 17.2 Å². The highest BCUT2D eigenvalue weighted by atomic mass is 35.5. The standard InChI is InChI=1S/C16H11ClN4O5S2/c17-12-1-2-13(27-12)28(24,25)20-15(22)9-5-21(6-9)14-8(4-18)3-10-11(19-14)7-26-16(10)23/h1-3,9H,5-7H2,(H,20,22). The Bertz CT molecular complexity index is 1150. The van der Waals surface area contributed by atoms with Gasteiger partial charge in [-0.25, -0.2) is 22.9 Å². The lowest BCUT2D eigenvalue weighted by atomic mass is 9.98. The Morgan fingerprint density at radius 2 is 2.18 bits per heavy atom. The molecule has 0 saturated carbocycles. The number of cyclic esters (lactones) is 1. The van der Waals surface area contributed by atoms with Crippen LogP contribution in [0.2, 0.25) is 4.34 Å². The Hall–Kier alpha value is -2.68. The zero-order valence-corrected chi connectivity index (χ0v) is 16.4. The third-order valence-electron chi connectivity index (χ3n) is 4.36. The lowest BCUT2D eigenvalue weighted by Gasteiger charge is -2.39. The van der Waals surface area contributed by atoms with Crippen LogP contribution in [0.5, 0.6) is 0 Å². The number of carbonyl (C=O) groups is 2. The van der Waals surface area contributed by atoms with Crippen LogP contribution in [0.25, 0.3) is 0 Å². The van der Waals surface area contributed by atoms with E-state index in [1.165, 1.54) is 18.2 Å². The summed E-state index contributed by atoms with van der Waals surface area (Å²) in [5.41, 5.74) is 0.886. The highest BCUT2D eigenvalue weighted by Crippen LogP contribution is 2.31. The van der Waals surface area contributed by atoms with E-state index in [-0.39, 0.29) is 35.0 Å². The zero-order chi connectivity index (χ0) is 20.1. The Morgan fingerprint density at radius 1 is 1.43 bits per heavy atom. The van der Waals surface area contributed by atoms with Crippen LogP contribution < -0.4 is 9.62 Å². The van der Waals surface area contributed by atoms with Gasteiger partial charge in [0.1, 0.15) is 22.7 Å². The molecule has 2 aromatic heterocycles. The fourth-order valence-electron chi connectivity index (χ4n) is 2.89. The first-order chi connectivity index (χ1) is 13.3. The maximum Gasteiger partial charge on any atom is 0.340 e. The molecule has 1 fully saturated rings. The van der Waals surface area contributed by atoms with Crippen molar-refractivity contribution < 1.29 is 22.7 Å². The molecule has 28 heavy (non-hydrogen) atoms. The lowest BCUT2D eigenvalue weighted by molar-refractivity contribution is -0.123. The molecular formula is C16H11ClN4O5S2. The smallest absolute Gasteiger partial charge is 0.340 e. The van der Waals surface area contributed by atoms with Crippen LogP contribution in [-0.4, -0.2) is 38.4 Å². The molecule has 1 saturated heterocycles. The quantitative estimate of drug-likeness (QED) is 0.706. The lowest BCUT2D eigenvalue weighted by Crippen LogP contribution is -2.55. The van der Waals surface area contributed by atoms with Crippen LogP contribution in [0.3, 0.4) is 0 Å². The minimum absolute atomic E-state index is 0.0340. The molecule has 4 rings (SSSR count). The van der Waals surface area contributed by atoms with E-state index in [1.54, 1.807) is 4.90 Å². The van der Waals surface area contributed by atoms with Gasteiger partial charge >= 0.3 is 5.97 Å². The number of nitrogens with zero attached hydrogens (tertiary/aromatic N) is 3. The number of rotatable bonds is 4. The molecule has 2 aromatic rings. The SMILES string of the molecule is N#Cc1cc2c(nc1N1CC(C(=O)NS(=O)(=O)c3ccc(Cl)s3)C1)COC2=O. The summed E-state index contributed by atoms with van der Waals surface area (Å²) in [6.07, 6.45) is 0. The highest BCUT2D eigenvalue weighted by molar-refractivity contribution is 7.92. The molecule has 12 heteroatoms. The second kappa shape index (κ2) is 6.73. The molecule has 144 valence electrons. The normalized spacial score (nSPS) is 16.1. The van der Waals surface area contributed by atoms with Crippen LogP contribution >= 0.6 is 22.9 Å². The fraction of sp³-hybridized carbons (Fsp3) is 0.250. The molecule has 1 N–H and O–H groups in total. The molecule has 2 aliphatic rings. The molecule has 0 aliphatic carbocycles. The van der Waals surface area contributed by atoms with Gasteiger partial charge in [-0.1, -0.05) is 11.6 Å². The monoisotopic (exact) mass is 438 g/mol. The van der Waals surface area contributed by atoms with E-state index in [2.05, 4.69) is 4.98 Å². The largest absolute Gasteiger partial charge is 0.455 e. The number of nitriles is 1. The predicted molar refractivity (Wildman–Crippen MR) is 98.4 cm³/mol. The topological polar surface area (TPSA) is 129 Å². The molecule has 0 atom stereocenters. The molecule has 0 unspecified atom stereocenters. The van der Waals surface area contributed by atoms with Gasteiger partial charge in [-0.05, 0) is 18.2 Å². The van der Waals surface area contributed by atoms with Gasteiger partial charge in [0.15, 0.2) is 0 Å². The van der Waals surface area contributed by atoms with Crippen molar-refractivity contribution >= 4 is 50.7 Å². The van der Waals surface area contributed by atoms with E-state index in [0.29, 0.717) is 15.8 Å². The maximum atomic E-state index is 12.3. The third-order valence-corrected chi connectivity index (χ3v) is 7.43. The van der Waals surface area contributed by atoms with Crippen molar-refractivity contribution in [2.45, 2.75) is 10.8 Å². The van der Waals surface area contributed by atoms with Crippen LogP contribution in [-0.2, 0) is 26.2 Å². The first-order valence-electron chi connectivity index (χ1n) is 7.96. The van der Waals surface area contributed by atoms with Crippen molar-refractivity contribution in [3.63, 3.8) is 0 Å². The van der Waals surface area contributed by atoms with Gasteiger partial charge in [0.25, 0.3) is 10.0 Å². The summed E-state index contributed by atoms with van der Waals surface area (Å²) in [7, 11) is -3.97. The maximum absolute atomic E-state index is 12.3. The number of anilines is 1. The van der Waals surface area contributed by atoms with E-state index >= 15 is 0 Å². The number of sulfonamides is 1. The Balaban J connectivity index is 1.46. The summed E-state index contributed by atoms with van der Waals surface area (Å²) < 4.78 is 31.6. The van der Waals surface area contributed by atoms with Crippen LogP contribution in [0.1, 0.15) is 21.6 Å². The summed E-state index contributed by atoms with van der Waals surface area (Å²) in [4.78, 5) is 29.9. The summed E-state index contributed by atoms with van der Waals surface area (Å²) in [6, 6.07) is 6.17. The van der Waals surface area contributed by atoms with E-state index in [0.717, 1.165) is 11.3 Å². The molecule has 0 aromatic carbocycles. The molecule has 1 amide bonds. The number of hydrogen-bond acceptors (Lipinski definition) is 9. The number of esters is 1. The van der Waals surface area contributed by atoms with Crippen molar-refractivity contribution in [3.8, 4) is 6.07 Å². The number of pyridine rings is 1. The Labute approximate surface area is 168 Å². The first kappa shape index (κ1) is 18.7. The van der Waals surface area contributed by atoms with Gasteiger partial charge in [0, 0.05) is 13.1 Å². The number of nitrogens with one attached hydrogen (secondary N) is 1. The summed E-state index contributed by atoms with van der Waals surface area (Å²) in [5.74, 6) is -1.40. The molecule has 0 bridgehead atoms. The minimum Gasteiger partial charge on any atom is -0.455 e. The van der Waals surface area contributed by atoms with Gasteiger partial charge in [-0.2, -0.15) is 5.26 Å². The van der Waals surface area contributed by atoms with Crippen LogP contribution in [0.4, 0.5) is 5.82 Å². The van der Waals surface area contributed by atoms with E-state index in [1.807, 2.05) is 10.8 Å². The summed E-state index contributed by atoms with van der Waals surface area (Å²) in [6.45, 7) is 0.426. The molecule has 4 heterocycles. The Kier molecular flexibility index (Phi) is 4.49. The van der Waals surface area contributed by atoms with Crippen molar-refractivity contribution in [2.24, 2.45) is 5.92 Å². The Morgan fingerprint density at radius 3 is 2.82 bits per heavy atom. The molecule has 0 spiro atoms. The van der Waals surface area contributed by atoms with Crippen molar-refractivity contribution in [1.82, 2.24) is 9.71 Å². The number of fused-ring (bicyclic) bond motifs is 1. The van der Waals surface area contributed by atoms with Gasteiger partial charge in [-0.3, -0.25) is 4.79 Å². The highest BCUT2D eigenvalue weighted by Gasteiger charge is 2.38. The average Bonchev–Trinajstić information content (AvgIpc) is 3.19. The fourth-order valence-corrected chi connectivity index (χ4v) is 5.41. The second-order valence-corrected chi connectivity index (χ2v) is 9.80. The zero-order valence-electron chi connectivity index (χ0n) is 14.0. The van der Waals surface area contributed by atoms with Crippen molar-refractivity contribution in [3.05, 3.63) is 39.4 Å². The van der Waals surface area contributed by atoms with Crippen molar-refractivity contribution in [1.29, 1.82) is 5.26 Å². The average molecular weight is 439 g/mol. The molecule has 0 radical (unpaired) electrons. The van der Waals surface area contributed by atoms with Gasteiger partial charge in [0.05, 0.1) is 27.1 Å². The minimum atomic E-state index is -3.97. The second-order valence-electron chi connectivity index (χ2n) is 6.17. The van der Waals surface area contributed by atoms with Gasteiger partial charge in [-0.15, -0.1) is 11.3 Å². The predicted octanol–water partition coefficient (Wildman–Crippen LogP) is 1.28. The number of aromatic nitrogens is 1. The van der Waals surface area contributed by atoms with E-state index in [9.17, 15) is 23.3 Å². The van der Waals surface area contributed by atoms with Gasteiger partial charge in [0.2, 0.25) is 5.91 Å². The molecule has 9 nitrogen and oxygen atoms in total. The number of hydrogen-bond donors (Lipinski definition) is 1. The van der Waals surface area contributed by atoms with Crippen molar-refractivity contribution in [2.75, 3.05) is 18.0 Å². The van der Waals surface area contributed by atoms with E-state index in [4.69, 9.17) is 16.3 Å². The molecular weight excluding hydrogens is 428 g/mol. The summed E-state index contributed by atoms with van der Waals surface area (Å²) in [5, 5.41) is 9.32. The number of carbonyl (C=O) groups excluding carboxylic acids is 2. The number of ether oxygens (including phenoxy) is 1. The molecule has 2 aliphatic heterocycles. The third kappa shape index (κ3) is 3.19. The number of halogens is 1. The first-order valence-corrected chi connectivity index (χ1v) is 10.6. The number of thiophene rings is 1.